The van der Waals surface area contributed by atoms with Crippen molar-refractivity contribution in [1.82, 2.24) is 29.8 Å². The first kappa shape index (κ1) is 29.4. The van der Waals surface area contributed by atoms with Crippen molar-refractivity contribution < 1.29 is 24.0 Å². The van der Waals surface area contributed by atoms with Gasteiger partial charge in [-0.1, -0.05) is 11.6 Å². The smallest absolute Gasteiger partial charge is 0.309 e. The maximum absolute atomic E-state index is 13.2. The van der Waals surface area contributed by atoms with E-state index in [1.165, 1.54) is 4.68 Å². The van der Waals surface area contributed by atoms with E-state index in [0.29, 0.717) is 47.6 Å². The quantitative estimate of drug-likeness (QED) is 0.313. The Labute approximate surface area is 251 Å². The van der Waals surface area contributed by atoms with Gasteiger partial charge in [0.2, 0.25) is 5.88 Å². The molecule has 43 heavy (non-hydrogen) atoms. The Balaban J connectivity index is 1.35. The average molecular weight is 592 g/mol. The second kappa shape index (κ2) is 12.5. The molecule has 6 rings (SSSR count). The normalized spacial score (nSPS) is 23.0. The number of carbonyl (C=O) groups excluding carboxylic acids is 1. The molecule has 0 bridgehead atoms. The predicted molar refractivity (Wildman–Crippen MR) is 157 cm³/mol. The first-order chi connectivity index (χ1) is 20.9. The zero-order chi connectivity index (χ0) is 30.0. The molecule has 2 aliphatic carbocycles. The van der Waals surface area contributed by atoms with Crippen molar-refractivity contribution in [3.05, 3.63) is 35.3 Å². The number of carbonyl (C=O) groups is 2. The van der Waals surface area contributed by atoms with E-state index in [2.05, 4.69) is 22.1 Å². The second-order valence-electron chi connectivity index (χ2n) is 12.2. The third-order valence-electron chi connectivity index (χ3n) is 9.32. The highest BCUT2D eigenvalue weighted by molar-refractivity contribution is 5.91. The number of unbranched alkanes of at least 4 members (excludes halogenated alkanes) is 1. The Kier molecular flexibility index (Phi) is 8.58. The molecule has 0 radical (unpaired) electrons. The van der Waals surface area contributed by atoms with Crippen LogP contribution < -0.4 is 10.5 Å². The molecule has 2 fully saturated rings. The predicted octanol–water partition coefficient (Wildman–Crippen LogP) is 3.63. The fourth-order valence-electron chi connectivity index (χ4n) is 7.19. The lowest BCUT2D eigenvalue weighted by atomic mass is 9.64. The summed E-state index contributed by atoms with van der Waals surface area (Å²) >= 11 is 0. The molecular formula is C31H41N7O5. The summed E-state index contributed by atoms with van der Waals surface area (Å²) in [6.07, 6.45) is 11.2. The van der Waals surface area contributed by atoms with E-state index >= 15 is 0 Å². The molecule has 3 N–H and O–H groups in total. The standard InChI is InChI=1S/C31H41N7O5/c1-20(23-9-7-16-37(23)15-5-4-14-32)42-26-19-25(38-17-11-21(35-38)18-27(40)41)33-30(34-26)28-22-8-6-13-31(29(22)43-36-28)12-3-2-10-24(31)39/h11,17,19-20,23H,2-10,12-16,18,32H2,1H3,(H,40,41)/t20-,23-,31+/m0/s1. The Bertz CT molecular complexity index is 1470. The number of aliphatic carboxylic acids is 1. The average Bonchev–Trinajstić information content (AvgIpc) is 3.75. The van der Waals surface area contributed by atoms with Crippen LogP contribution in [0.15, 0.2) is 22.9 Å². The highest BCUT2D eigenvalue weighted by Crippen LogP contribution is 2.47. The summed E-state index contributed by atoms with van der Waals surface area (Å²) in [4.78, 5) is 36.6. The number of hydrogen-bond acceptors (Lipinski definition) is 10. The molecule has 3 atom stereocenters. The fraction of sp³-hybridized carbons (Fsp3) is 0.613. The summed E-state index contributed by atoms with van der Waals surface area (Å²) in [5.41, 5.74) is 6.95. The Morgan fingerprint density at radius 3 is 2.88 bits per heavy atom. The molecule has 3 aromatic rings. The molecule has 1 spiro atoms. The van der Waals surface area contributed by atoms with Gasteiger partial charge in [0.05, 0.1) is 17.5 Å². The molecule has 230 valence electrons. The number of hydrogen-bond donors (Lipinski definition) is 2. The van der Waals surface area contributed by atoms with E-state index in [0.717, 1.165) is 82.9 Å². The topological polar surface area (TPSA) is 162 Å². The van der Waals surface area contributed by atoms with Gasteiger partial charge in [0.1, 0.15) is 11.9 Å². The van der Waals surface area contributed by atoms with Crippen molar-refractivity contribution in [2.45, 2.75) is 102 Å². The number of likely N-dealkylation sites (tertiary alicyclic amines) is 1. The van der Waals surface area contributed by atoms with Crippen LogP contribution in [0.5, 0.6) is 5.88 Å². The molecule has 4 heterocycles. The Morgan fingerprint density at radius 2 is 2.07 bits per heavy atom. The van der Waals surface area contributed by atoms with Crippen molar-refractivity contribution in [3.63, 3.8) is 0 Å². The highest BCUT2D eigenvalue weighted by Gasteiger charge is 2.48. The fourth-order valence-corrected chi connectivity index (χ4v) is 7.19. The summed E-state index contributed by atoms with van der Waals surface area (Å²) in [5.74, 6) is 1.11. The first-order valence-electron chi connectivity index (χ1n) is 15.7. The van der Waals surface area contributed by atoms with E-state index in [4.69, 9.17) is 25.0 Å². The lowest BCUT2D eigenvalue weighted by Crippen LogP contribution is -2.41. The summed E-state index contributed by atoms with van der Waals surface area (Å²) < 4.78 is 14.0. The van der Waals surface area contributed by atoms with Crippen LogP contribution in [0.1, 0.15) is 88.1 Å². The van der Waals surface area contributed by atoms with E-state index in [1.54, 1.807) is 18.3 Å². The van der Waals surface area contributed by atoms with Gasteiger partial charge < -0.3 is 20.1 Å². The van der Waals surface area contributed by atoms with Gasteiger partial charge >= 0.3 is 5.97 Å². The number of nitrogens with zero attached hydrogens (tertiary/aromatic N) is 6. The molecule has 1 aliphatic heterocycles. The monoisotopic (exact) mass is 591 g/mol. The number of carboxylic acid groups (broad SMARTS) is 1. The number of rotatable bonds is 11. The third-order valence-corrected chi connectivity index (χ3v) is 9.32. The SMILES string of the molecule is C[C@H](Oc1cc(-n2ccc(CC(=O)O)n2)nc(-c2noc3c2CCC[C@@]32CCCCC2=O)n1)[C@@H]1CCCN1CCCCN. The van der Waals surface area contributed by atoms with Gasteiger partial charge in [-0.25, -0.2) is 9.67 Å². The van der Waals surface area contributed by atoms with E-state index in [-0.39, 0.29) is 24.3 Å². The number of ketones is 1. The maximum Gasteiger partial charge on any atom is 0.309 e. The van der Waals surface area contributed by atoms with E-state index in [1.807, 2.05) is 0 Å². The van der Waals surface area contributed by atoms with Gasteiger partial charge in [-0.3, -0.25) is 14.5 Å². The van der Waals surface area contributed by atoms with Crippen LogP contribution in [0.4, 0.5) is 0 Å². The van der Waals surface area contributed by atoms with Crippen molar-refractivity contribution >= 4 is 11.8 Å². The summed E-state index contributed by atoms with van der Waals surface area (Å²) in [7, 11) is 0. The molecule has 0 aromatic carbocycles. The third kappa shape index (κ3) is 5.95. The molecule has 1 saturated carbocycles. The molecule has 0 unspecified atom stereocenters. The van der Waals surface area contributed by atoms with Crippen molar-refractivity contribution in [2.75, 3.05) is 19.6 Å². The number of aromatic nitrogens is 5. The number of Topliss-reactive ketones (excluding diaryl/α,β-unsaturated/α-hetero) is 1. The van der Waals surface area contributed by atoms with E-state index in [9.17, 15) is 14.7 Å². The van der Waals surface area contributed by atoms with Crippen LogP contribution >= 0.6 is 0 Å². The van der Waals surface area contributed by atoms with Gasteiger partial charge in [0.15, 0.2) is 23.1 Å². The Morgan fingerprint density at radius 1 is 1.21 bits per heavy atom. The summed E-state index contributed by atoms with van der Waals surface area (Å²) in [6, 6.07) is 3.64. The maximum atomic E-state index is 13.2. The minimum Gasteiger partial charge on any atom is -0.481 e. The van der Waals surface area contributed by atoms with Gasteiger partial charge in [-0.15, -0.1) is 0 Å². The zero-order valence-corrected chi connectivity index (χ0v) is 24.8. The largest absolute Gasteiger partial charge is 0.481 e. The van der Waals surface area contributed by atoms with Crippen molar-refractivity contribution in [1.29, 1.82) is 0 Å². The highest BCUT2D eigenvalue weighted by atomic mass is 16.5. The van der Waals surface area contributed by atoms with E-state index < -0.39 is 11.4 Å². The van der Waals surface area contributed by atoms with Gasteiger partial charge in [0, 0.05) is 30.3 Å². The van der Waals surface area contributed by atoms with Crippen LogP contribution in [0, 0.1) is 0 Å². The van der Waals surface area contributed by atoms with Crippen LogP contribution in [0.25, 0.3) is 17.3 Å². The van der Waals surface area contributed by atoms with Gasteiger partial charge in [-0.2, -0.15) is 10.1 Å². The van der Waals surface area contributed by atoms with Gasteiger partial charge in [-0.05, 0) is 90.4 Å². The van der Waals surface area contributed by atoms with Crippen molar-refractivity contribution in [3.8, 4) is 23.2 Å². The van der Waals surface area contributed by atoms with Crippen LogP contribution in [0.2, 0.25) is 0 Å². The lowest BCUT2D eigenvalue weighted by molar-refractivity contribution is -0.136. The Hall–Kier alpha value is -3.64. The minimum absolute atomic E-state index is 0.134. The molecule has 12 nitrogen and oxygen atoms in total. The summed E-state index contributed by atoms with van der Waals surface area (Å²) in [5, 5.41) is 18.1. The minimum atomic E-state index is -0.959. The lowest BCUT2D eigenvalue weighted by Gasteiger charge is -2.36. The first-order valence-corrected chi connectivity index (χ1v) is 15.7. The van der Waals surface area contributed by atoms with Gasteiger partial charge in [0.25, 0.3) is 0 Å². The number of carboxylic acids is 1. The summed E-state index contributed by atoms with van der Waals surface area (Å²) in [6.45, 7) is 4.79. The molecule has 3 aromatic heterocycles. The molecule has 0 amide bonds. The number of ether oxygens (including phenoxy) is 1. The number of nitrogens with two attached hydrogens (primary N) is 1. The molecule has 3 aliphatic rings. The van der Waals surface area contributed by atoms with Crippen LogP contribution in [-0.2, 0) is 27.8 Å². The second-order valence-corrected chi connectivity index (χ2v) is 12.2. The molecule has 12 heteroatoms. The van der Waals surface area contributed by atoms with Crippen LogP contribution in [-0.4, -0.2) is 78.4 Å². The zero-order valence-electron chi connectivity index (χ0n) is 24.8. The molecular weight excluding hydrogens is 550 g/mol. The molecule has 1 saturated heterocycles. The number of fused-ring (bicyclic) bond motifs is 2. The van der Waals surface area contributed by atoms with Crippen LogP contribution in [0.3, 0.4) is 0 Å². The van der Waals surface area contributed by atoms with Crippen molar-refractivity contribution in [2.24, 2.45) is 5.73 Å².